The van der Waals surface area contributed by atoms with Crippen LogP contribution in [0.5, 0.6) is 0 Å². The molecule has 0 aliphatic heterocycles. The zero-order chi connectivity index (χ0) is 46.5. The molecule has 64 heavy (non-hydrogen) atoms. The van der Waals surface area contributed by atoms with Crippen molar-refractivity contribution < 1.29 is 32.8 Å². The summed E-state index contributed by atoms with van der Waals surface area (Å²) in [5.41, 5.74) is 5.39. The third-order valence-corrected chi connectivity index (χ3v) is 11.5. The van der Waals surface area contributed by atoms with Gasteiger partial charge >= 0.3 is 13.8 Å². The number of carbonyl (C=O) groups is 1. The summed E-state index contributed by atoms with van der Waals surface area (Å²) in [7, 11) is -4.29. The van der Waals surface area contributed by atoms with Crippen LogP contribution in [0.25, 0.3) is 0 Å². The van der Waals surface area contributed by atoms with E-state index in [4.69, 9.17) is 24.3 Å². The molecule has 0 radical (unpaired) electrons. The minimum atomic E-state index is -4.29. The molecule has 2 unspecified atom stereocenters. The molecule has 0 amide bonds. The predicted octanol–water partition coefficient (Wildman–Crippen LogP) is 16.2. The van der Waals surface area contributed by atoms with Crippen molar-refractivity contribution in [1.82, 2.24) is 0 Å². The van der Waals surface area contributed by atoms with Crippen molar-refractivity contribution >= 4 is 13.8 Å². The summed E-state index contributed by atoms with van der Waals surface area (Å²) in [6.07, 6.45) is 68.6. The Morgan fingerprint density at radius 2 is 0.828 bits per heavy atom. The third-order valence-electron chi connectivity index (χ3n) is 10.5. The normalized spacial score (nSPS) is 14.1. The first-order valence-corrected chi connectivity index (χ1v) is 27.2. The van der Waals surface area contributed by atoms with E-state index in [2.05, 4.69) is 111 Å². The van der Waals surface area contributed by atoms with Gasteiger partial charge in [0, 0.05) is 19.6 Å². The maximum atomic E-state index is 12.7. The monoisotopic (exact) mass is 914 g/mol. The van der Waals surface area contributed by atoms with Crippen LogP contribution in [0.4, 0.5) is 0 Å². The van der Waals surface area contributed by atoms with Crippen molar-refractivity contribution in [1.29, 1.82) is 0 Å². The van der Waals surface area contributed by atoms with E-state index in [1.807, 2.05) is 0 Å². The number of phosphoric acid groups is 1. The molecule has 0 aliphatic rings. The minimum absolute atomic E-state index is 0.0937. The molecule has 0 saturated heterocycles. The number of hydrogen-bond acceptors (Lipinski definition) is 7. The second kappa shape index (κ2) is 51.4. The van der Waals surface area contributed by atoms with Crippen molar-refractivity contribution in [3.63, 3.8) is 0 Å². The molecule has 2 atom stereocenters. The van der Waals surface area contributed by atoms with Crippen molar-refractivity contribution in [3.8, 4) is 0 Å². The maximum absolute atomic E-state index is 12.7. The van der Waals surface area contributed by atoms with E-state index in [1.165, 1.54) is 103 Å². The molecule has 0 aliphatic carbocycles. The van der Waals surface area contributed by atoms with Gasteiger partial charge in [0.2, 0.25) is 0 Å². The number of ether oxygens (including phenoxy) is 2. The Kier molecular flexibility index (Phi) is 49.3. The molecule has 0 aromatic carbocycles. The molecule has 0 rings (SSSR count). The summed E-state index contributed by atoms with van der Waals surface area (Å²) < 4.78 is 33.6. The zero-order valence-electron chi connectivity index (χ0n) is 41.0. The van der Waals surface area contributed by atoms with Crippen molar-refractivity contribution in [2.75, 3.05) is 33.0 Å². The molecule has 0 aromatic rings. The maximum Gasteiger partial charge on any atom is 0.472 e. The van der Waals surface area contributed by atoms with Crippen LogP contribution in [0.2, 0.25) is 0 Å². The number of nitrogens with two attached hydrogens (primary N) is 1. The molecule has 0 heterocycles. The molecule has 0 aromatic heterocycles. The largest absolute Gasteiger partial charge is 0.472 e. The number of rotatable bonds is 48. The summed E-state index contributed by atoms with van der Waals surface area (Å²) in [6.45, 7) is 4.68. The van der Waals surface area contributed by atoms with Crippen LogP contribution < -0.4 is 5.73 Å². The van der Waals surface area contributed by atoms with Gasteiger partial charge in [-0.15, -0.1) is 0 Å². The fourth-order valence-electron chi connectivity index (χ4n) is 6.80. The van der Waals surface area contributed by atoms with E-state index >= 15 is 0 Å². The first-order chi connectivity index (χ1) is 31.4. The first kappa shape index (κ1) is 61.4. The first-order valence-electron chi connectivity index (χ1n) is 25.7. The van der Waals surface area contributed by atoms with E-state index < -0.39 is 13.9 Å². The Morgan fingerprint density at radius 1 is 0.469 bits per heavy atom. The Bertz CT molecular complexity index is 1300. The zero-order valence-corrected chi connectivity index (χ0v) is 41.9. The van der Waals surface area contributed by atoms with E-state index in [0.29, 0.717) is 13.0 Å². The van der Waals surface area contributed by atoms with Crippen LogP contribution in [-0.2, 0) is 27.9 Å². The lowest BCUT2D eigenvalue weighted by Crippen LogP contribution is -2.28. The van der Waals surface area contributed by atoms with Crippen LogP contribution in [0.15, 0.2) is 97.2 Å². The molecular weight excluding hydrogens is 818 g/mol. The molecule has 0 spiro atoms. The fourth-order valence-corrected chi connectivity index (χ4v) is 7.57. The van der Waals surface area contributed by atoms with Crippen LogP contribution in [-0.4, -0.2) is 49.9 Å². The number of carbonyl (C=O) groups excluding carboxylic acids is 1. The quantitative estimate of drug-likeness (QED) is 0.0268. The van der Waals surface area contributed by atoms with Gasteiger partial charge in [-0.25, -0.2) is 4.57 Å². The molecule has 368 valence electrons. The van der Waals surface area contributed by atoms with Gasteiger partial charge in [-0.2, -0.15) is 0 Å². The van der Waals surface area contributed by atoms with Gasteiger partial charge in [0.1, 0.15) is 6.10 Å². The number of allylic oxidation sites excluding steroid dienone is 16. The highest BCUT2D eigenvalue weighted by Gasteiger charge is 2.25. The van der Waals surface area contributed by atoms with Gasteiger partial charge in [-0.3, -0.25) is 13.8 Å². The Hall–Kier alpha value is -2.58. The SMILES string of the molecule is CC/C=C\C/C=C\C/C=C\C/C=C\CCCCCCCCCCCCC(=O)OC(COCCCCCCCCCCC/C=C\C/C=C\C/C=C\C/C=C\CC)COP(=O)(O)OCCN. The molecule has 8 nitrogen and oxygen atoms in total. The van der Waals surface area contributed by atoms with Gasteiger partial charge in [-0.05, 0) is 89.9 Å². The molecule has 9 heteroatoms. The Morgan fingerprint density at radius 3 is 1.23 bits per heavy atom. The molecule has 0 bridgehead atoms. The summed E-state index contributed by atoms with van der Waals surface area (Å²) in [5, 5.41) is 0. The number of hydrogen-bond donors (Lipinski definition) is 2. The fraction of sp³-hybridized carbons (Fsp3) is 0.691. The average molecular weight is 914 g/mol. The standard InChI is InChI=1S/C55H96NO7P/c1-3-5-7-9-11-13-15-17-19-21-23-25-27-28-30-32-34-36-38-40-42-44-46-48-55(57)63-54(53-62-64(58,59)61-51-49-56)52-60-50-47-45-43-41-39-37-35-33-31-29-26-24-22-20-18-16-14-12-10-8-6-4-2/h5-8,11-14,17-20,23-26,54H,3-4,9-10,15-16,21-22,27-53,56H2,1-2H3,(H,58,59)/b7-5-,8-6-,13-11-,14-12-,19-17-,20-18-,25-23-,26-24-. The van der Waals surface area contributed by atoms with E-state index in [9.17, 15) is 14.3 Å². The van der Waals surface area contributed by atoms with Crippen molar-refractivity contribution in [2.24, 2.45) is 5.73 Å². The van der Waals surface area contributed by atoms with Crippen molar-refractivity contribution in [3.05, 3.63) is 97.2 Å². The van der Waals surface area contributed by atoms with Crippen LogP contribution in [0.3, 0.4) is 0 Å². The topological polar surface area (TPSA) is 117 Å². The molecule has 0 saturated carbocycles. The van der Waals surface area contributed by atoms with E-state index in [1.54, 1.807) is 0 Å². The van der Waals surface area contributed by atoms with Crippen LogP contribution in [0, 0.1) is 0 Å². The van der Waals surface area contributed by atoms with Gasteiger partial charge in [0.15, 0.2) is 0 Å². The molecule has 0 fully saturated rings. The van der Waals surface area contributed by atoms with Gasteiger partial charge in [-0.1, -0.05) is 207 Å². The number of unbranched alkanes of at least 4 members (excludes halogenated alkanes) is 19. The summed E-state index contributed by atoms with van der Waals surface area (Å²) >= 11 is 0. The third kappa shape index (κ3) is 50.4. The van der Waals surface area contributed by atoms with E-state index in [0.717, 1.165) is 83.5 Å². The summed E-state index contributed by atoms with van der Waals surface area (Å²) in [6, 6.07) is 0. The lowest BCUT2D eigenvalue weighted by molar-refractivity contribution is -0.154. The van der Waals surface area contributed by atoms with Gasteiger partial charge in [0.05, 0.1) is 19.8 Å². The molecular formula is C55H96NO7P. The van der Waals surface area contributed by atoms with Crippen molar-refractivity contribution in [2.45, 2.75) is 213 Å². The summed E-state index contributed by atoms with van der Waals surface area (Å²) in [4.78, 5) is 22.6. The average Bonchev–Trinajstić information content (AvgIpc) is 3.29. The van der Waals surface area contributed by atoms with Gasteiger partial charge in [0.25, 0.3) is 0 Å². The molecule has 3 N–H and O–H groups in total. The number of esters is 1. The van der Waals surface area contributed by atoms with Crippen LogP contribution >= 0.6 is 7.82 Å². The lowest BCUT2D eigenvalue weighted by atomic mass is 10.0. The minimum Gasteiger partial charge on any atom is -0.457 e. The highest BCUT2D eigenvalue weighted by molar-refractivity contribution is 7.47. The Labute approximate surface area is 393 Å². The highest BCUT2D eigenvalue weighted by atomic mass is 31.2. The second-order valence-corrected chi connectivity index (χ2v) is 18.1. The van der Waals surface area contributed by atoms with E-state index in [-0.39, 0.29) is 32.3 Å². The lowest BCUT2D eigenvalue weighted by Gasteiger charge is -2.20. The smallest absolute Gasteiger partial charge is 0.457 e. The summed E-state index contributed by atoms with van der Waals surface area (Å²) in [5.74, 6) is -0.340. The highest BCUT2D eigenvalue weighted by Crippen LogP contribution is 2.43. The predicted molar refractivity (Wildman–Crippen MR) is 274 cm³/mol. The van der Waals surface area contributed by atoms with Gasteiger partial charge < -0.3 is 20.1 Å². The Balaban J connectivity index is 3.98. The second-order valence-electron chi connectivity index (χ2n) is 16.6. The van der Waals surface area contributed by atoms with Crippen LogP contribution in [0.1, 0.15) is 206 Å². The number of phosphoric ester groups is 1.